The van der Waals surface area contributed by atoms with Gasteiger partial charge in [-0.05, 0) is 62.2 Å². The first-order valence-electron chi connectivity index (χ1n) is 10.1. The van der Waals surface area contributed by atoms with E-state index in [9.17, 15) is 5.26 Å². The molecule has 0 radical (unpaired) electrons. The topological polar surface area (TPSA) is 92.7 Å². The molecule has 0 amide bonds. The Kier molecular flexibility index (Phi) is 4.24. The molecule has 30 heavy (non-hydrogen) atoms. The first-order valence-corrected chi connectivity index (χ1v) is 10.1. The molecular formula is C23H23N4O3-. The monoisotopic (exact) mass is 403 g/mol. The number of benzene rings is 2. The highest BCUT2D eigenvalue weighted by atomic mass is 16.7. The summed E-state index contributed by atoms with van der Waals surface area (Å²) in [4.78, 5) is 6.17. The molecule has 3 heterocycles. The molecule has 0 saturated carbocycles. The molecule has 2 aromatic carbocycles. The van der Waals surface area contributed by atoms with Crippen LogP contribution >= 0.6 is 0 Å². The van der Waals surface area contributed by atoms with Crippen LogP contribution in [0.1, 0.15) is 37.3 Å². The van der Waals surface area contributed by atoms with Crippen molar-refractivity contribution in [3.8, 4) is 22.9 Å². The Morgan fingerprint density at radius 1 is 1.23 bits per heavy atom. The highest BCUT2D eigenvalue weighted by Gasteiger charge is 2.53. The average molecular weight is 403 g/mol. The van der Waals surface area contributed by atoms with E-state index < -0.39 is 11.3 Å². The Morgan fingerprint density at radius 3 is 2.77 bits per heavy atom. The van der Waals surface area contributed by atoms with Gasteiger partial charge >= 0.3 is 0 Å². The van der Waals surface area contributed by atoms with Gasteiger partial charge in [0.15, 0.2) is 5.72 Å². The quantitative estimate of drug-likeness (QED) is 0.767. The maximum atomic E-state index is 9.24. The Bertz CT molecular complexity index is 1050. The summed E-state index contributed by atoms with van der Waals surface area (Å²) in [6, 6.07) is 15.6. The summed E-state index contributed by atoms with van der Waals surface area (Å²) in [5.41, 5.74) is 1.72. The maximum Gasteiger partial charge on any atom is 0.150 e. The normalized spacial score (nSPS) is 30.0. The van der Waals surface area contributed by atoms with Crippen LogP contribution < -0.4 is 4.74 Å². The minimum Gasteiger partial charge on any atom is -0.484 e. The number of hydrogen-bond donors (Lipinski definition) is 1. The van der Waals surface area contributed by atoms with Crippen molar-refractivity contribution in [3.63, 3.8) is 0 Å². The van der Waals surface area contributed by atoms with E-state index in [4.69, 9.17) is 19.7 Å². The van der Waals surface area contributed by atoms with Crippen molar-refractivity contribution < 1.29 is 14.3 Å². The number of guanidine groups is 1. The van der Waals surface area contributed by atoms with Crippen molar-refractivity contribution in [3.05, 3.63) is 58.9 Å². The molecule has 3 aliphatic heterocycles. The summed E-state index contributed by atoms with van der Waals surface area (Å²) in [7, 11) is 1.70. The average Bonchev–Trinajstić information content (AvgIpc) is 3.03. The zero-order chi connectivity index (χ0) is 20.9. The Labute approximate surface area is 175 Å². The molecule has 1 N–H and O–H groups in total. The summed E-state index contributed by atoms with van der Waals surface area (Å²) in [5, 5.41) is 23.5. The standard InChI is InChI=1S/C23H23N4O3/c1-15-8-9-22(14-28-15)13-23(26-21(25)27(2)30-23)19-11-18(6-7-20(19)29-22)17-5-3-4-16(10-17)12-24/h3-7,10-11,15H,8-9,13-14H2,1-2H3,(H-,25,26)/q-1. The Balaban J connectivity index is 1.60. The van der Waals surface area contributed by atoms with Gasteiger partial charge in [-0.1, -0.05) is 18.2 Å². The fraction of sp³-hybridized carbons (Fsp3) is 0.391. The zero-order valence-electron chi connectivity index (χ0n) is 17.0. The highest BCUT2D eigenvalue weighted by Crippen LogP contribution is 2.54. The minimum atomic E-state index is -1.02. The van der Waals surface area contributed by atoms with E-state index >= 15 is 0 Å². The molecule has 154 valence electrons. The number of fused-ring (bicyclic) bond motifs is 2. The highest BCUT2D eigenvalue weighted by molar-refractivity contribution is 5.92. The van der Waals surface area contributed by atoms with Crippen LogP contribution in [-0.4, -0.2) is 36.4 Å². The molecule has 2 spiro atoms. The third-order valence-electron chi connectivity index (χ3n) is 6.12. The lowest BCUT2D eigenvalue weighted by atomic mass is 9.79. The van der Waals surface area contributed by atoms with Gasteiger partial charge in [0.2, 0.25) is 0 Å². The smallest absolute Gasteiger partial charge is 0.150 e. The van der Waals surface area contributed by atoms with Crippen LogP contribution in [0, 0.1) is 16.7 Å². The number of ether oxygens (including phenoxy) is 2. The van der Waals surface area contributed by atoms with Crippen molar-refractivity contribution in [2.75, 3.05) is 13.7 Å². The van der Waals surface area contributed by atoms with Crippen molar-refractivity contribution in [1.29, 1.82) is 10.7 Å². The summed E-state index contributed by atoms with van der Waals surface area (Å²) in [5.74, 6) is 0.784. The van der Waals surface area contributed by atoms with E-state index in [0.29, 0.717) is 24.3 Å². The van der Waals surface area contributed by atoms with Gasteiger partial charge in [0, 0.05) is 17.9 Å². The first-order chi connectivity index (χ1) is 14.4. The van der Waals surface area contributed by atoms with Crippen LogP contribution in [0.4, 0.5) is 0 Å². The molecule has 3 unspecified atom stereocenters. The summed E-state index contributed by atoms with van der Waals surface area (Å²) < 4.78 is 12.4. The number of hydroxylamine groups is 2. The third-order valence-corrected chi connectivity index (χ3v) is 6.12. The van der Waals surface area contributed by atoms with E-state index in [0.717, 1.165) is 29.5 Å². The first kappa shape index (κ1) is 18.9. The van der Waals surface area contributed by atoms with Gasteiger partial charge in [-0.15, -0.1) is 0 Å². The van der Waals surface area contributed by atoms with Crippen LogP contribution in [0.25, 0.3) is 16.4 Å². The molecule has 2 fully saturated rings. The van der Waals surface area contributed by atoms with Gasteiger partial charge in [-0.25, -0.2) is 0 Å². The Hall–Kier alpha value is -3.08. The van der Waals surface area contributed by atoms with Gasteiger partial charge in [0.25, 0.3) is 0 Å². The van der Waals surface area contributed by atoms with E-state index in [2.05, 4.69) is 18.3 Å². The van der Waals surface area contributed by atoms with Crippen molar-refractivity contribution in [1.82, 2.24) is 5.06 Å². The molecule has 2 saturated heterocycles. The zero-order valence-corrected chi connectivity index (χ0v) is 17.0. The number of nitriles is 1. The molecule has 0 aromatic heterocycles. The van der Waals surface area contributed by atoms with Crippen LogP contribution in [0.5, 0.6) is 5.75 Å². The molecule has 3 atom stereocenters. The van der Waals surface area contributed by atoms with Crippen LogP contribution in [-0.2, 0) is 15.3 Å². The Morgan fingerprint density at radius 2 is 2.07 bits per heavy atom. The van der Waals surface area contributed by atoms with E-state index in [1.165, 1.54) is 5.06 Å². The predicted octanol–water partition coefficient (Wildman–Crippen LogP) is 4.28. The molecule has 0 aliphatic carbocycles. The fourth-order valence-electron chi connectivity index (χ4n) is 4.52. The van der Waals surface area contributed by atoms with Crippen molar-refractivity contribution in [2.24, 2.45) is 0 Å². The van der Waals surface area contributed by atoms with Gasteiger partial charge in [-0.3, -0.25) is 0 Å². The third kappa shape index (κ3) is 3.00. The molecule has 7 heteroatoms. The number of nitrogens with zero attached hydrogens (tertiary/aromatic N) is 3. The number of nitrogens with one attached hydrogen (secondary N) is 1. The van der Waals surface area contributed by atoms with Crippen LogP contribution in [0.15, 0.2) is 42.5 Å². The van der Waals surface area contributed by atoms with E-state index in [1.54, 1.807) is 13.1 Å². The largest absolute Gasteiger partial charge is 0.484 e. The van der Waals surface area contributed by atoms with Gasteiger partial charge < -0.3 is 30.1 Å². The number of rotatable bonds is 1. The lowest BCUT2D eigenvalue weighted by molar-refractivity contribution is -0.205. The van der Waals surface area contributed by atoms with Crippen molar-refractivity contribution in [2.45, 2.75) is 43.6 Å². The summed E-state index contributed by atoms with van der Waals surface area (Å²) >= 11 is 0. The summed E-state index contributed by atoms with van der Waals surface area (Å²) in [6.45, 7) is 2.54. The second-order valence-corrected chi connectivity index (χ2v) is 8.33. The second kappa shape index (κ2) is 6.73. The van der Waals surface area contributed by atoms with E-state index in [1.807, 2.05) is 36.4 Å². The maximum absolute atomic E-state index is 9.24. The predicted molar refractivity (Wildman–Crippen MR) is 111 cm³/mol. The SMILES string of the molecule is CC1CCC2(CO1)CC1([N-]C(=N)N(C)O1)c1cc(-c3cccc(C#N)c3)ccc1O2. The molecule has 3 aliphatic rings. The number of hydrogen-bond acceptors (Lipinski definition) is 5. The lowest BCUT2D eigenvalue weighted by Gasteiger charge is -2.49. The van der Waals surface area contributed by atoms with Crippen LogP contribution in [0.2, 0.25) is 0 Å². The molecule has 5 rings (SSSR count). The molecule has 7 nitrogen and oxygen atoms in total. The van der Waals surface area contributed by atoms with Gasteiger partial charge in [-0.2, -0.15) is 5.26 Å². The lowest BCUT2D eigenvalue weighted by Crippen LogP contribution is -2.53. The van der Waals surface area contributed by atoms with Crippen LogP contribution in [0.3, 0.4) is 0 Å². The second-order valence-electron chi connectivity index (χ2n) is 8.33. The van der Waals surface area contributed by atoms with Crippen molar-refractivity contribution >= 4 is 5.96 Å². The minimum absolute atomic E-state index is 0.0833. The summed E-state index contributed by atoms with van der Waals surface area (Å²) in [6.07, 6.45) is 2.43. The van der Waals surface area contributed by atoms with Gasteiger partial charge in [0.1, 0.15) is 11.4 Å². The molecule has 0 bridgehead atoms. The molecule has 2 aromatic rings. The van der Waals surface area contributed by atoms with E-state index in [-0.39, 0.29) is 12.1 Å². The fourth-order valence-corrected chi connectivity index (χ4v) is 4.52. The molecular weight excluding hydrogens is 380 g/mol. The van der Waals surface area contributed by atoms with Gasteiger partial charge in [0.05, 0.1) is 24.3 Å².